The van der Waals surface area contributed by atoms with Gasteiger partial charge < -0.3 is 5.73 Å². The number of para-hydroxylation sites is 1. The Kier molecular flexibility index (Phi) is 5.51. The highest BCUT2D eigenvalue weighted by molar-refractivity contribution is 6.01. The summed E-state index contributed by atoms with van der Waals surface area (Å²) in [4.78, 5) is 14.4. The van der Waals surface area contributed by atoms with E-state index in [-0.39, 0.29) is 46.9 Å². The van der Waals surface area contributed by atoms with Crippen LogP contribution >= 0.6 is 0 Å². The molecule has 1 aliphatic heterocycles. The molecule has 176 valence electrons. The van der Waals surface area contributed by atoms with Crippen molar-refractivity contribution in [1.82, 2.24) is 0 Å². The largest absolute Gasteiger partial charge is 0.416 e. The SMILES string of the molecule is CC1(C)CC(=O)C2=C(C1)N(c1c(F)cccc1F)C(N)=C(C#N)[C@@H]2c1ccc(C(F)(F)F)cc1. The summed E-state index contributed by atoms with van der Waals surface area (Å²) in [6, 6.07) is 9.28. The number of benzene rings is 2. The molecule has 2 N–H and O–H groups in total. The van der Waals surface area contributed by atoms with Crippen LogP contribution in [0, 0.1) is 28.4 Å². The van der Waals surface area contributed by atoms with Crippen LogP contribution in [0.15, 0.2) is 65.1 Å². The summed E-state index contributed by atoms with van der Waals surface area (Å²) >= 11 is 0. The van der Waals surface area contributed by atoms with Crippen LogP contribution in [0.1, 0.15) is 43.7 Å². The number of anilines is 1. The van der Waals surface area contributed by atoms with E-state index in [4.69, 9.17) is 5.73 Å². The van der Waals surface area contributed by atoms with Crippen LogP contribution in [0.5, 0.6) is 0 Å². The maximum Gasteiger partial charge on any atom is 0.416 e. The van der Waals surface area contributed by atoms with Crippen LogP contribution in [-0.2, 0) is 11.0 Å². The smallest absolute Gasteiger partial charge is 0.384 e. The molecule has 9 heteroatoms. The number of nitriles is 1. The molecule has 0 spiro atoms. The van der Waals surface area contributed by atoms with Gasteiger partial charge >= 0.3 is 6.18 Å². The van der Waals surface area contributed by atoms with Crippen molar-refractivity contribution in [3.8, 4) is 6.07 Å². The van der Waals surface area contributed by atoms with Crippen LogP contribution in [0.3, 0.4) is 0 Å². The Balaban J connectivity index is 1.99. The Morgan fingerprint density at radius 1 is 1.06 bits per heavy atom. The van der Waals surface area contributed by atoms with E-state index in [1.807, 2.05) is 19.9 Å². The van der Waals surface area contributed by atoms with Crippen LogP contribution in [0.4, 0.5) is 27.6 Å². The van der Waals surface area contributed by atoms with Gasteiger partial charge in [0.15, 0.2) is 5.78 Å². The number of hydrogen-bond acceptors (Lipinski definition) is 4. The normalized spacial score (nSPS) is 20.4. The predicted octanol–water partition coefficient (Wildman–Crippen LogP) is 5.92. The van der Waals surface area contributed by atoms with E-state index in [9.17, 15) is 32.0 Å². The third-order valence-corrected chi connectivity index (χ3v) is 6.11. The molecule has 1 atom stereocenters. The van der Waals surface area contributed by atoms with Crippen molar-refractivity contribution in [2.24, 2.45) is 11.1 Å². The number of nitrogens with zero attached hydrogens (tertiary/aromatic N) is 2. The number of rotatable bonds is 2. The third-order valence-electron chi connectivity index (χ3n) is 6.11. The molecule has 2 aliphatic rings. The van der Waals surface area contributed by atoms with Gasteiger partial charge in [-0.25, -0.2) is 8.78 Å². The Bertz CT molecular complexity index is 1260. The third kappa shape index (κ3) is 3.83. The molecule has 2 aromatic carbocycles. The number of halogens is 5. The fraction of sp³-hybridized carbons (Fsp3) is 0.280. The van der Waals surface area contributed by atoms with E-state index in [2.05, 4.69) is 0 Å². The van der Waals surface area contributed by atoms with Crippen LogP contribution in [0.25, 0.3) is 0 Å². The molecule has 4 nitrogen and oxygen atoms in total. The molecule has 1 aliphatic carbocycles. The second-order valence-electron chi connectivity index (χ2n) is 9.17. The lowest BCUT2D eigenvalue weighted by Gasteiger charge is -2.43. The predicted molar refractivity (Wildman–Crippen MR) is 115 cm³/mol. The lowest BCUT2D eigenvalue weighted by Crippen LogP contribution is -2.42. The van der Waals surface area contributed by atoms with E-state index in [1.165, 1.54) is 18.2 Å². The molecule has 0 saturated heterocycles. The van der Waals surface area contributed by atoms with Crippen molar-refractivity contribution >= 4 is 11.5 Å². The summed E-state index contributed by atoms with van der Waals surface area (Å²) in [5, 5.41) is 9.94. The van der Waals surface area contributed by atoms with Gasteiger partial charge in [-0.15, -0.1) is 0 Å². The molecule has 0 amide bonds. The molecule has 34 heavy (non-hydrogen) atoms. The van der Waals surface area contributed by atoms with E-state index in [0.29, 0.717) is 0 Å². The first-order chi connectivity index (χ1) is 15.9. The maximum absolute atomic E-state index is 14.8. The standard InChI is InChI=1S/C25H20F5N3O/c1-24(2)10-18-21(19(34)11-24)20(13-6-8-14(9-7-13)25(28,29)30)15(12-31)23(32)33(18)22-16(26)4-3-5-17(22)27/h3-9,20H,10-11,32H2,1-2H3/t20-/m0/s1. The molecule has 0 radical (unpaired) electrons. The van der Waals surface area contributed by atoms with Gasteiger partial charge in [-0.2, -0.15) is 18.4 Å². The first-order valence-corrected chi connectivity index (χ1v) is 10.4. The number of hydrogen-bond donors (Lipinski definition) is 1. The molecule has 0 fully saturated rings. The minimum atomic E-state index is -4.56. The quantitative estimate of drug-likeness (QED) is 0.550. The van der Waals surface area contributed by atoms with Crippen molar-refractivity contribution in [2.45, 2.75) is 38.8 Å². The lowest BCUT2D eigenvalue weighted by molar-refractivity contribution is -0.137. The van der Waals surface area contributed by atoms with Crippen molar-refractivity contribution in [3.05, 3.63) is 87.9 Å². The number of alkyl halides is 3. The fourth-order valence-electron chi connectivity index (χ4n) is 4.66. The molecule has 0 unspecified atom stereocenters. The summed E-state index contributed by atoms with van der Waals surface area (Å²) in [5.41, 5.74) is 4.73. The van der Waals surface area contributed by atoms with Gasteiger partial charge in [0.1, 0.15) is 23.1 Å². The minimum Gasteiger partial charge on any atom is -0.384 e. The van der Waals surface area contributed by atoms with Crippen LogP contribution in [0.2, 0.25) is 0 Å². The van der Waals surface area contributed by atoms with Crippen molar-refractivity contribution in [1.29, 1.82) is 5.26 Å². The highest BCUT2D eigenvalue weighted by Gasteiger charge is 2.45. The molecular formula is C25H20F5N3O. The monoisotopic (exact) mass is 473 g/mol. The molecular weight excluding hydrogens is 453 g/mol. The molecule has 4 rings (SSSR count). The van der Waals surface area contributed by atoms with Gasteiger partial charge in [0.05, 0.1) is 23.1 Å². The molecule has 0 bridgehead atoms. The second-order valence-corrected chi connectivity index (χ2v) is 9.17. The number of allylic oxidation sites excluding steroid dienone is 3. The maximum atomic E-state index is 14.8. The van der Waals surface area contributed by atoms with Gasteiger partial charge in [0.2, 0.25) is 0 Å². The van der Waals surface area contributed by atoms with E-state index < -0.39 is 40.4 Å². The zero-order valence-corrected chi connectivity index (χ0v) is 18.3. The zero-order chi connectivity index (χ0) is 25.0. The van der Waals surface area contributed by atoms with Gasteiger partial charge in [-0.05, 0) is 41.7 Å². The number of Topliss-reactive ketones (excluding diaryl/α,β-unsaturated/α-hetero) is 1. The average molecular weight is 473 g/mol. The highest BCUT2D eigenvalue weighted by Crippen LogP contribution is 2.51. The number of carbonyl (C=O) groups is 1. The zero-order valence-electron chi connectivity index (χ0n) is 18.3. The summed E-state index contributed by atoms with van der Waals surface area (Å²) in [7, 11) is 0. The van der Waals surface area contributed by atoms with Gasteiger partial charge in [-0.3, -0.25) is 9.69 Å². The molecule has 0 saturated carbocycles. The van der Waals surface area contributed by atoms with Gasteiger partial charge in [0, 0.05) is 17.7 Å². The summed E-state index contributed by atoms with van der Waals surface area (Å²) in [6.45, 7) is 3.63. The van der Waals surface area contributed by atoms with Crippen molar-refractivity contribution in [3.63, 3.8) is 0 Å². The first-order valence-electron chi connectivity index (χ1n) is 10.4. The van der Waals surface area contributed by atoms with Gasteiger partial charge in [0.25, 0.3) is 0 Å². The first kappa shape index (κ1) is 23.5. The Morgan fingerprint density at radius 3 is 2.18 bits per heavy atom. The van der Waals surface area contributed by atoms with E-state index in [0.717, 1.165) is 29.2 Å². The van der Waals surface area contributed by atoms with Gasteiger partial charge in [-0.1, -0.05) is 32.0 Å². The van der Waals surface area contributed by atoms with Crippen LogP contribution < -0.4 is 10.6 Å². The Morgan fingerprint density at radius 2 is 1.65 bits per heavy atom. The topological polar surface area (TPSA) is 70.1 Å². The number of ketones is 1. The Labute approximate surface area is 192 Å². The Hall–Kier alpha value is -3.67. The molecule has 2 aromatic rings. The minimum absolute atomic E-state index is 0.0924. The van der Waals surface area contributed by atoms with Crippen molar-refractivity contribution < 1.29 is 26.7 Å². The average Bonchev–Trinajstić information content (AvgIpc) is 2.73. The second kappa shape index (κ2) is 7.97. The fourth-order valence-corrected chi connectivity index (χ4v) is 4.66. The van der Waals surface area contributed by atoms with Crippen molar-refractivity contribution in [2.75, 3.05) is 4.90 Å². The summed E-state index contributed by atoms with van der Waals surface area (Å²) in [6.07, 6.45) is -4.26. The summed E-state index contributed by atoms with van der Waals surface area (Å²) in [5.74, 6) is -3.57. The molecule has 1 heterocycles. The lowest BCUT2D eigenvalue weighted by atomic mass is 9.68. The highest BCUT2D eigenvalue weighted by atomic mass is 19.4. The molecule has 0 aromatic heterocycles. The summed E-state index contributed by atoms with van der Waals surface area (Å²) < 4.78 is 68.8. The number of carbonyl (C=O) groups excluding carboxylic acids is 1. The van der Waals surface area contributed by atoms with E-state index >= 15 is 0 Å². The van der Waals surface area contributed by atoms with Crippen LogP contribution in [-0.4, -0.2) is 5.78 Å². The van der Waals surface area contributed by atoms with E-state index in [1.54, 1.807) is 0 Å². The number of nitrogens with two attached hydrogens (primary N) is 1.